The molecule has 1 spiro atoms. The Hall–Kier alpha value is -1.09. The molecule has 3 rings (SSSR count). The molecule has 3 nitrogen and oxygen atoms in total. The summed E-state index contributed by atoms with van der Waals surface area (Å²) in [6.07, 6.45) is 9.71. The van der Waals surface area contributed by atoms with Crippen molar-refractivity contribution in [3.63, 3.8) is 0 Å². The Bertz CT molecular complexity index is 563. The van der Waals surface area contributed by atoms with E-state index < -0.39 is 0 Å². The third kappa shape index (κ3) is 2.65. The number of carbonyl (C=O) groups is 1. The highest BCUT2D eigenvalue weighted by Gasteiger charge is 2.58. The van der Waals surface area contributed by atoms with Crippen LogP contribution >= 0.6 is 0 Å². The van der Waals surface area contributed by atoms with Gasteiger partial charge in [-0.05, 0) is 79.6 Å². The van der Waals surface area contributed by atoms with E-state index in [9.17, 15) is 9.90 Å². The Morgan fingerprint density at radius 2 is 2.17 bits per heavy atom. The van der Waals surface area contributed by atoms with Crippen molar-refractivity contribution < 1.29 is 14.6 Å². The molecule has 5 atom stereocenters. The van der Waals surface area contributed by atoms with Crippen molar-refractivity contribution >= 4 is 5.97 Å². The highest BCUT2D eigenvalue weighted by molar-refractivity contribution is 5.69. The lowest BCUT2D eigenvalue weighted by molar-refractivity contribution is -0.143. The number of hydrogen-bond acceptors (Lipinski definition) is 3. The van der Waals surface area contributed by atoms with Crippen LogP contribution in [0.3, 0.4) is 0 Å². The van der Waals surface area contributed by atoms with Gasteiger partial charge in [0, 0.05) is 6.42 Å². The second-order valence-electron chi connectivity index (χ2n) is 8.66. The first-order valence-electron chi connectivity index (χ1n) is 9.41. The van der Waals surface area contributed by atoms with Crippen LogP contribution in [0.2, 0.25) is 0 Å². The first-order chi connectivity index (χ1) is 11.4. The van der Waals surface area contributed by atoms with Gasteiger partial charge in [-0.2, -0.15) is 0 Å². The maximum absolute atomic E-state index is 11.8. The normalized spacial score (nSPS) is 40.7. The average Bonchev–Trinajstić information content (AvgIpc) is 2.83. The van der Waals surface area contributed by atoms with Crippen molar-refractivity contribution in [2.75, 3.05) is 13.7 Å². The Labute approximate surface area is 146 Å². The molecule has 0 aromatic rings. The van der Waals surface area contributed by atoms with E-state index in [4.69, 9.17) is 4.74 Å². The highest BCUT2D eigenvalue weighted by Crippen LogP contribution is 2.67. The third-order valence-corrected chi connectivity index (χ3v) is 7.48. The number of methoxy groups -OCH3 is 1. The van der Waals surface area contributed by atoms with Gasteiger partial charge in [-0.15, -0.1) is 0 Å². The lowest BCUT2D eigenvalue weighted by atomic mass is 9.46. The number of aliphatic hydroxyl groups is 1. The van der Waals surface area contributed by atoms with E-state index >= 15 is 0 Å². The molecule has 0 aromatic carbocycles. The zero-order valence-corrected chi connectivity index (χ0v) is 15.4. The van der Waals surface area contributed by atoms with Gasteiger partial charge < -0.3 is 9.84 Å². The van der Waals surface area contributed by atoms with Crippen LogP contribution in [0.4, 0.5) is 0 Å². The van der Waals surface area contributed by atoms with Gasteiger partial charge in [0.2, 0.25) is 0 Å². The number of allylic oxidation sites excluding steroid dienone is 2. The summed E-state index contributed by atoms with van der Waals surface area (Å²) in [5.74, 6) is 1.52. The molecule has 0 aliphatic heterocycles. The van der Waals surface area contributed by atoms with Gasteiger partial charge >= 0.3 is 5.97 Å². The summed E-state index contributed by atoms with van der Waals surface area (Å²) in [4.78, 5) is 11.8. The fourth-order valence-electron chi connectivity index (χ4n) is 6.45. The Morgan fingerprint density at radius 3 is 2.79 bits per heavy atom. The minimum atomic E-state index is -0.108. The second-order valence-corrected chi connectivity index (χ2v) is 8.66. The van der Waals surface area contributed by atoms with E-state index in [1.807, 2.05) is 0 Å². The molecule has 3 heteroatoms. The van der Waals surface area contributed by atoms with E-state index in [2.05, 4.69) is 26.5 Å². The fourth-order valence-corrected chi connectivity index (χ4v) is 6.45. The number of aliphatic hydroxyl groups excluding tert-OH is 1. The van der Waals surface area contributed by atoms with Gasteiger partial charge in [-0.25, -0.2) is 0 Å². The first kappa shape index (κ1) is 17.7. The van der Waals surface area contributed by atoms with Gasteiger partial charge in [0.05, 0.1) is 13.7 Å². The zero-order valence-electron chi connectivity index (χ0n) is 15.4. The van der Waals surface area contributed by atoms with Crippen LogP contribution in [-0.4, -0.2) is 24.8 Å². The van der Waals surface area contributed by atoms with Crippen LogP contribution in [0.1, 0.15) is 58.8 Å². The van der Waals surface area contributed by atoms with Crippen molar-refractivity contribution in [3.05, 3.63) is 23.8 Å². The number of esters is 1. The summed E-state index contributed by atoms with van der Waals surface area (Å²) < 4.78 is 4.91. The average molecular weight is 332 g/mol. The predicted molar refractivity (Wildman–Crippen MR) is 95.3 cm³/mol. The quantitative estimate of drug-likeness (QED) is 0.604. The van der Waals surface area contributed by atoms with E-state index in [-0.39, 0.29) is 23.4 Å². The molecule has 2 bridgehead atoms. The fraction of sp³-hybridized carbons (Fsp3) is 0.762. The minimum absolute atomic E-state index is 0.0879. The smallest absolute Gasteiger partial charge is 0.305 e. The lowest BCUT2D eigenvalue weighted by Gasteiger charge is -2.58. The van der Waals surface area contributed by atoms with E-state index in [1.165, 1.54) is 43.9 Å². The summed E-state index contributed by atoms with van der Waals surface area (Å²) in [6, 6.07) is 0. The zero-order chi connectivity index (χ0) is 17.5. The minimum Gasteiger partial charge on any atom is -0.469 e. The van der Waals surface area contributed by atoms with Crippen molar-refractivity contribution in [2.45, 2.75) is 58.8 Å². The van der Waals surface area contributed by atoms with Crippen molar-refractivity contribution in [3.8, 4) is 0 Å². The van der Waals surface area contributed by atoms with Crippen molar-refractivity contribution in [2.24, 2.45) is 28.6 Å². The van der Waals surface area contributed by atoms with Gasteiger partial charge in [-0.3, -0.25) is 4.79 Å². The Morgan fingerprint density at radius 1 is 1.42 bits per heavy atom. The number of fused-ring (bicyclic) bond motifs is 1. The topological polar surface area (TPSA) is 46.5 Å². The Balaban J connectivity index is 1.94. The maximum Gasteiger partial charge on any atom is 0.305 e. The molecule has 2 saturated carbocycles. The highest BCUT2D eigenvalue weighted by atomic mass is 16.5. The molecule has 0 aromatic heterocycles. The molecule has 0 radical (unpaired) electrons. The van der Waals surface area contributed by atoms with Gasteiger partial charge in [0.1, 0.15) is 0 Å². The third-order valence-electron chi connectivity index (χ3n) is 7.48. The van der Waals surface area contributed by atoms with Crippen LogP contribution in [0.15, 0.2) is 23.8 Å². The monoisotopic (exact) mass is 332 g/mol. The van der Waals surface area contributed by atoms with Gasteiger partial charge in [-0.1, -0.05) is 25.2 Å². The molecule has 0 heterocycles. The van der Waals surface area contributed by atoms with Gasteiger partial charge in [0.25, 0.3) is 0 Å². The molecule has 134 valence electrons. The van der Waals surface area contributed by atoms with Gasteiger partial charge in [0.15, 0.2) is 0 Å². The van der Waals surface area contributed by atoms with E-state index in [0.29, 0.717) is 24.2 Å². The van der Waals surface area contributed by atoms with Crippen molar-refractivity contribution in [1.82, 2.24) is 0 Å². The number of ether oxygens (including phenoxy) is 1. The number of hydrogen-bond donors (Lipinski definition) is 1. The van der Waals surface area contributed by atoms with Crippen LogP contribution in [-0.2, 0) is 9.53 Å². The predicted octanol–water partition coefficient (Wildman–Crippen LogP) is 4.27. The molecule has 0 saturated heterocycles. The summed E-state index contributed by atoms with van der Waals surface area (Å²) in [5.41, 5.74) is 2.84. The Kier molecular flexibility index (Phi) is 4.67. The number of rotatable bonds is 5. The summed E-state index contributed by atoms with van der Waals surface area (Å²) in [5, 5.41) is 9.73. The molecule has 2 fully saturated rings. The SMILES string of the molecule is C=C(C)[C@H]1CC[C@]23C=C(CO)[C@H](CC[C@H]2[C@]1(C)CCC(=O)OC)C3. The molecule has 0 unspecified atom stereocenters. The van der Waals surface area contributed by atoms with Crippen LogP contribution in [0.5, 0.6) is 0 Å². The lowest BCUT2D eigenvalue weighted by Crippen LogP contribution is -2.50. The summed E-state index contributed by atoms with van der Waals surface area (Å²) in [6.45, 7) is 9.02. The summed E-state index contributed by atoms with van der Waals surface area (Å²) in [7, 11) is 1.47. The van der Waals surface area contributed by atoms with Crippen molar-refractivity contribution in [1.29, 1.82) is 0 Å². The van der Waals surface area contributed by atoms with E-state index in [0.717, 1.165) is 12.8 Å². The molecular formula is C21H32O3. The second kappa shape index (κ2) is 6.33. The molecule has 24 heavy (non-hydrogen) atoms. The molecule has 0 amide bonds. The number of carbonyl (C=O) groups excluding carboxylic acids is 1. The largest absolute Gasteiger partial charge is 0.469 e. The maximum atomic E-state index is 11.8. The van der Waals surface area contributed by atoms with Crippen LogP contribution < -0.4 is 0 Å². The molecule has 3 aliphatic rings. The first-order valence-corrected chi connectivity index (χ1v) is 9.41. The van der Waals surface area contributed by atoms with Crippen LogP contribution in [0.25, 0.3) is 0 Å². The van der Waals surface area contributed by atoms with Crippen LogP contribution in [0, 0.1) is 28.6 Å². The van der Waals surface area contributed by atoms with E-state index in [1.54, 1.807) is 0 Å². The standard InChI is InChI=1S/C21H32O3/c1-14(2)17-7-10-21-11-15(16(12-21)13-22)5-6-18(21)20(17,3)9-8-19(23)24-4/h12,15,17-18,22H,1,5-11,13H2,2-4H3/t15-,17-,18+,20-,21+/m1/s1. The molecular weight excluding hydrogens is 300 g/mol. The molecule has 1 N–H and O–H groups in total. The summed E-state index contributed by atoms with van der Waals surface area (Å²) >= 11 is 0. The molecule has 3 aliphatic carbocycles.